The summed E-state index contributed by atoms with van der Waals surface area (Å²) in [5.41, 5.74) is -0.465. The molecule has 1 aliphatic rings. The fraction of sp³-hybridized carbons (Fsp3) is 0.917. The molecular weight excluding hydrogens is 270 g/mol. The van der Waals surface area contributed by atoms with Crippen LogP contribution in [0.2, 0.25) is 0 Å². The predicted octanol–water partition coefficient (Wildman–Crippen LogP) is 0.974. The minimum Gasteiger partial charge on any atom is -0.460 e. The lowest BCUT2D eigenvalue weighted by atomic mass is 9.97. The van der Waals surface area contributed by atoms with Crippen LogP contribution in [0, 0.1) is 5.92 Å². The number of hydrogen-bond donors (Lipinski definition) is 0. The standard InChI is InChI=1S/C12H23NO5S/c1-12(2,3)18-11(14)10-5-7-13(8-6-10)9-17-19(4,15)16/h10H,5-9H2,1-4H3. The molecule has 1 aliphatic heterocycles. The number of hydrogen-bond acceptors (Lipinski definition) is 6. The second-order valence-electron chi connectivity index (χ2n) is 5.88. The van der Waals surface area contributed by atoms with Crippen molar-refractivity contribution in [1.82, 2.24) is 4.90 Å². The van der Waals surface area contributed by atoms with E-state index in [4.69, 9.17) is 8.92 Å². The largest absolute Gasteiger partial charge is 0.460 e. The average molecular weight is 293 g/mol. The fourth-order valence-corrected chi connectivity index (χ4v) is 2.19. The molecule has 1 saturated heterocycles. The van der Waals surface area contributed by atoms with E-state index in [-0.39, 0.29) is 18.6 Å². The summed E-state index contributed by atoms with van der Waals surface area (Å²) in [5.74, 6) is -0.273. The first-order chi connectivity index (χ1) is 8.57. The van der Waals surface area contributed by atoms with Gasteiger partial charge in [0, 0.05) is 13.1 Å². The fourth-order valence-electron chi connectivity index (χ4n) is 1.85. The Morgan fingerprint density at radius 1 is 1.26 bits per heavy atom. The molecule has 1 rings (SSSR count). The van der Waals surface area contributed by atoms with Gasteiger partial charge in [-0.05, 0) is 33.6 Å². The van der Waals surface area contributed by atoms with Crippen molar-refractivity contribution >= 4 is 16.1 Å². The number of ether oxygens (including phenoxy) is 1. The molecule has 0 amide bonds. The van der Waals surface area contributed by atoms with Crippen molar-refractivity contribution in [3.8, 4) is 0 Å². The van der Waals surface area contributed by atoms with E-state index in [2.05, 4.69) is 0 Å². The van der Waals surface area contributed by atoms with Crippen molar-refractivity contribution in [3.63, 3.8) is 0 Å². The lowest BCUT2D eigenvalue weighted by Crippen LogP contribution is -2.40. The zero-order chi connectivity index (χ0) is 14.7. The molecule has 0 bridgehead atoms. The maximum Gasteiger partial charge on any atom is 0.309 e. The molecule has 7 heteroatoms. The van der Waals surface area contributed by atoms with E-state index in [0.717, 1.165) is 6.26 Å². The van der Waals surface area contributed by atoms with Gasteiger partial charge in [-0.2, -0.15) is 8.42 Å². The summed E-state index contributed by atoms with van der Waals surface area (Å²) in [7, 11) is -3.41. The van der Waals surface area contributed by atoms with Gasteiger partial charge in [-0.25, -0.2) is 0 Å². The zero-order valence-corrected chi connectivity index (χ0v) is 12.8. The van der Waals surface area contributed by atoms with E-state index in [0.29, 0.717) is 25.9 Å². The first kappa shape index (κ1) is 16.4. The van der Waals surface area contributed by atoms with Crippen LogP contribution >= 0.6 is 0 Å². The third kappa shape index (κ3) is 6.89. The van der Waals surface area contributed by atoms with E-state index in [1.807, 2.05) is 25.7 Å². The lowest BCUT2D eigenvalue weighted by molar-refractivity contribution is -0.161. The van der Waals surface area contributed by atoms with Crippen molar-refractivity contribution in [1.29, 1.82) is 0 Å². The van der Waals surface area contributed by atoms with Crippen molar-refractivity contribution in [2.75, 3.05) is 26.1 Å². The van der Waals surface area contributed by atoms with Crippen molar-refractivity contribution < 1.29 is 22.1 Å². The van der Waals surface area contributed by atoms with E-state index < -0.39 is 15.7 Å². The Morgan fingerprint density at radius 2 is 1.79 bits per heavy atom. The number of piperidine rings is 1. The second-order valence-corrected chi connectivity index (χ2v) is 7.52. The molecule has 0 N–H and O–H groups in total. The topological polar surface area (TPSA) is 72.9 Å². The molecule has 6 nitrogen and oxygen atoms in total. The Bertz CT molecular complexity index is 404. The van der Waals surface area contributed by atoms with Crippen LogP contribution in [0.25, 0.3) is 0 Å². The molecule has 19 heavy (non-hydrogen) atoms. The molecule has 0 radical (unpaired) electrons. The van der Waals surface area contributed by atoms with Gasteiger partial charge in [0.05, 0.1) is 12.2 Å². The molecule has 0 unspecified atom stereocenters. The van der Waals surface area contributed by atoms with E-state index in [9.17, 15) is 13.2 Å². The van der Waals surface area contributed by atoms with Crippen LogP contribution < -0.4 is 0 Å². The maximum atomic E-state index is 11.9. The third-order valence-electron chi connectivity index (χ3n) is 2.78. The van der Waals surface area contributed by atoms with Gasteiger partial charge in [-0.15, -0.1) is 0 Å². The number of carbonyl (C=O) groups excluding carboxylic acids is 1. The van der Waals surface area contributed by atoms with Crippen LogP contribution in [0.3, 0.4) is 0 Å². The third-order valence-corrected chi connectivity index (χ3v) is 3.31. The van der Waals surface area contributed by atoms with Gasteiger partial charge in [0.25, 0.3) is 10.1 Å². The highest BCUT2D eigenvalue weighted by atomic mass is 32.2. The van der Waals surface area contributed by atoms with Crippen LogP contribution in [-0.4, -0.2) is 51.0 Å². The Kier molecular flexibility index (Phi) is 5.34. The summed E-state index contributed by atoms with van der Waals surface area (Å²) in [5, 5.41) is 0. The first-order valence-corrected chi connectivity index (χ1v) is 8.18. The second kappa shape index (κ2) is 6.19. The smallest absolute Gasteiger partial charge is 0.309 e. The summed E-state index contributed by atoms with van der Waals surface area (Å²) < 4.78 is 31.8. The zero-order valence-electron chi connectivity index (χ0n) is 12.0. The molecule has 0 aromatic heterocycles. The highest BCUT2D eigenvalue weighted by Gasteiger charge is 2.29. The number of carbonyl (C=O) groups is 1. The predicted molar refractivity (Wildman–Crippen MR) is 70.9 cm³/mol. The highest BCUT2D eigenvalue weighted by Crippen LogP contribution is 2.21. The van der Waals surface area contributed by atoms with Gasteiger partial charge in [0.2, 0.25) is 0 Å². The van der Waals surface area contributed by atoms with E-state index >= 15 is 0 Å². The average Bonchev–Trinajstić information content (AvgIpc) is 2.23. The summed E-state index contributed by atoms with van der Waals surface area (Å²) in [6, 6.07) is 0. The van der Waals surface area contributed by atoms with Crippen LogP contribution in [0.1, 0.15) is 33.6 Å². The van der Waals surface area contributed by atoms with Crippen LogP contribution in [0.4, 0.5) is 0 Å². The number of rotatable bonds is 4. The Labute approximate surface area is 115 Å². The number of esters is 1. The molecule has 0 aromatic carbocycles. The molecule has 0 aliphatic carbocycles. The van der Waals surface area contributed by atoms with Gasteiger partial charge < -0.3 is 4.74 Å². The molecule has 0 aromatic rings. The SMILES string of the molecule is CC(C)(C)OC(=O)C1CCN(COS(C)(=O)=O)CC1. The van der Waals surface area contributed by atoms with Crippen LogP contribution in [0.5, 0.6) is 0 Å². The number of likely N-dealkylation sites (tertiary alicyclic amines) is 1. The summed E-state index contributed by atoms with van der Waals surface area (Å²) in [6.07, 6.45) is 2.37. The first-order valence-electron chi connectivity index (χ1n) is 6.36. The molecule has 1 heterocycles. The molecule has 0 saturated carbocycles. The molecule has 0 atom stereocenters. The Balaban J connectivity index is 2.35. The molecule has 112 valence electrons. The van der Waals surface area contributed by atoms with Crippen LogP contribution in [0.15, 0.2) is 0 Å². The summed E-state index contributed by atoms with van der Waals surface area (Å²) in [4.78, 5) is 13.7. The van der Waals surface area contributed by atoms with Crippen molar-refractivity contribution in [2.45, 2.75) is 39.2 Å². The van der Waals surface area contributed by atoms with E-state index in [1.54, 1.807) is 0 Å². The lowest BCUT2D eigenvalue weighted by Gasteiger charge is -2.31. The minimum atomic E-state index is -3.41. The quantitative estimate of drug-likeness (QED) is 0.568. The normalized spacial score (nSPS) is 19.4. The maximum absolute atomic E-state index is 11.9. The number of nitrogens with zero attached hydrogens (tertiary/aromatic N) is 1. The Morgan fingerprint density at radius 3 is 2.21 bits per heavy atom. The molecular formula is C12H23NO5S. The van der Waals surface area contributed by atoms with Gasteiger partial charge >= 0.3 is 5.97 Å². The summed E-state index contributed by atoms with van der Waals surface area (Å²) >= 11 is 0. The molecule has 0 spiro atoms. The van der Waals surface area contributed by atoms with Crippen molar-refractivity contribution in [2.24, 2.45) is 5.92 Å². The van der Waals surface area contributed by atoms with Gasteiger partial charge in [-0.1, -0.05) is 0 Å². The van der Waals surface area contributed by atoms with Crippen molar-refractivity contribution in [3.05, 3.63) is 0 Å². The van der Waals surface area contributed by atoms with Gasteiger partial charge in [-0.3, -0.25) is 13.9 Å². The highest BCUT2D eigenvalue weighted by molar-refractivity contribution is 7.85. The van der Waals surface area contributed by atoms with E-state index in [1.165, 1.54) is 0 Å². The molecule has 1 fully saturated rings. The minimum absolute atomic E-state index is 0.0554. The van der Waals surface area contributed by atoms with Gasteiger partial charge in [0.15, 0.2) is 0 Å². The summed E-state index contributed by atoms with van der Waals surface area (Å²) in [6.45, 7) is 6.87. The monoisotopic (exact) mass is 293 g/mol. The Hall–Kier alpha value is -0.660. The van der Waals surface area contributed by atoms with Crippen LogP contribution in [-0.2, 0) is 23.8 Å². The van der Waals surface area contributed by atoms with Gasteiger partial charge in [0.1, 0.15) is 12.3 Å².